The van der Waals surface area contributed by atoms with Gasteiger partial charge in [-0.25, -0.2) is 0 Å². The first-order valence-electron chi connectivity index (χ1n) is 26.1. The number of likely N-dealkylation sites (N-methyl/N-ethyl adjacent to an activating group) is 1. The Hall–Kier alpha value is -6.14. The molecule has 2 atom stereocenters. The van der Waals surface area contributed by atoms with Gasteiger partial charge in [0.05, 0.1) is 33.1 Å². The van der Waals surface area contributed by atoms with E-state index in [1.54, 1.807) is 46.3 Å². The third-order valence-electron chi connectivity index (χ3n) is 13.6. The summed E-state index contributed by atoms with van der Waals surface area (Å²) in [4.78, 5) is 2.32. The summed E-state index contributed by atoms with van der Waals surface area (Å²) in [5.74, 6) is 9.39. The van der Waals surface area contributed by atoms with Crippen LogP contribution in [0.25, 0.3) is 11.1 Å². The van der Waals surface area contributed by atoms with Crippen LogP contribution in [0, 0.1) is 18.8 Å². The minimum absolute atomic E-state index is 0.0508. The maximum Gasteiger partial charge on any atom is 0.358 e. The molecule has 6 aromatic carbocycles. The van der Waals surface area contributed by atoms with Gasteiger partial charge in [0.25, 0.3) is 10.7 Å². The van der Waals surface area contributed by atoms with Crippen molar-refractivity contribution in [3.8, 4) is 46.0 Å². The number of hydrogen-bond acceptors (Lipinski definition) is 9. The first kappa shape index (κ1) is 56.6. The van der Waals surface area contributed by atoms with Crippen LogP contribution in [0.15, 0.2) is 144 Å². The standard InChI is InChI=1S/C62H72N5O4P2S2/c1-11-14-38-62(39-15-12-2)58-42-46(4)16-36-56(58)57-37-25-48(43-59(57)62)18-17-47-19-26-51(27-20-47)67(13-3)40-41-69-53-32-34-55(35-33-53)71-61(7,8)73(75)66(10)64-45-50-23-30-54(31-24-50)70-60(5,6)72(74)65(9)63-44-49-21-28-52(68)29-22-49/h16,19-37,42-45H,11-15,38-41H2,1-10H3/q+1/p+1. The summed E-state index contributed by atoms with van der Waals surface area (Å²) in [6, 6.07) is 44.8. The molecule has 0 bridgehead atoms. The minimum atomic E-state index is -1.25. The monoisotopic (exact) mass is 1080 g/mol. The van der Waals surface area contributed by atoms with Gasteiger partial charge in [-0.2, -0.15) is 0 Å². The minimum Gasteiger partial charge on any atom is -0.508 e. The molecule has 0 aromatic heterocycles. The highest BCUT2D eigenvalue weighted by molar-refractivity contribution is 8.04. The van der Waals surface area contributed by atoms with Crippen molar-refractivity contribution in [1.82, 2.24) is 9.56 Å². The second-order valence-corrected chi connectivity index (χ2v) is 26.5. The Morgan fingerprint density at radius 3 is 1.61 bits per heavy atom. The molecule has 13 heteroatoms. The Balaban J connectivity index is 0.878. The van der Waals surface area contributed by atoms with Gasteiger partial charge >= 0.3 is 13.7 Å². The van der Waals surface area contributed by atoms with Crippen LogP contribution in [-0.4, -0.2) is 71.6 Å². The van der Waals surface area contributed by atoms with Gasteiger partial charge in [-0.15, -0.1) is 19.8 Å². The van der Waals surface area contributed by atoms with Crippen molar-refractivity contribution in [2.75, 3.05) is 38.7 Å². The Morgan fingerprint density at radius 1 is 0.613 bits per heavy atom. The van der Waals surface area contributed by atoms with E-state index in [0.29, 0.717) is 18.1 Å². The van der Waals surface area contributed by atoms with E-state index in [1.165, 1.54) is 66.3 Å². The second kappa shape index (κ2) is 25.6. The number of anilines is 1. The van der Waals surface area contributed by atoms with Crippen molar-refractivity contribution < 1.29 is 19.3 Å². The largest absolute Gasteiger partial charge is 0.508 e. The molecule has 0 saturated heterocycles. The van der Waals surface area contributed by atoms with Crippen LogP contribution in [0.5, 0.6) is 23.0 Å². The molecule has 9 nitrogen and oxygen atoms in total. The predicted octanol–water partition coefficient (Wildman–Crippen LogP) is 15.5. The zero-order valence-corrected chi connectivity index (χ0v) is 48.8. The number of hydrogen-bond donors (Lipinski definition) is 1. The molecule has 0 heterocycles. The molecule has 390 valence electrons. The molecule has 1 aliphatic carbocycles. The number of phenolic OH excluding ortho intramolecular Hbond substituents is 1. The molecule has 2 unspecified atom stereocenters. The first-order valence-corrected chi connectivity index (χ1v) is 30.7. The van der Waals surface area contributed by atoms with E-state index >= 15 is 0 Å². The number of phenols is 1. The normalized spacial score (nSPS) is 13.1. The number of benzene rings is 6. The molecule has 0 aliphatic heterocycles. The fraction of sp³-hybridized carbons (Fsp3) is 0.355. The van der Waals surface area contributed by atoms with Crippen molar-refractivity contribution in [2.45, 2.75) is 110 Å². The van der Waals surface area contributed by atoms with Gasteiger partial charge < -0.3 is 24.2 Å². The van der Waals surface area contributed by atoms with E-state index in [9.17, 15) is 5.11 Å². The van der Waals surface area contributed by atoms with Crippen LogP contribution >= 0.6 is 13.7 Å². The highest BCUT2D eigenvalue weighted by Gasteiger charge is 2.44. The fourth-order valence-electron chi connectivity index (χ4n) is 9.48. The number of hydrazone groups is 2. The number of rotatable bonds is 24. The number of fused-ring (bicyclic) bond motifs is 3. The van der Waals surface area contributed by atoms with Gasteiger partial charge in [0.15, 0.2) is 23.6 Å². The molecular formula is C62H73N5O4P2S2+2. The van der Waals surface area contributed by atoms with Gasteiger partial charge in [-0.05, 0) is 169 Å². The summed E-state index contributed by atoms with van der Waals surface area (Å²) in [5.41, 5.74) is 12.1. The van der Waals surface area contributed by atoms with Crippen LogP contribution in [-0.2, 0) is 29.0 Å². The lowest BCUT2D eigenvalue weighted by atomic mass is 9.70. The van der Waals surface area contributed by atoms with Crippen molar-refractivity contribution in [3.63, 3.8) is 0 Å². The molecule has 0 amide bonds. The van der Waals surface area contributed by atoms with Gasteiger partial charge in [-0.3, -0.25) is 0 Å². The average molecular weight is 1080 g/mol. The smallest absolute Gasteiger partial charge is 0.358 e. The van der Waals surface area contributed by atoms with Crippen LogP contribution in [0.1, 0.15) is 126 Å². The van der Waals surface area contributed by atoms with E-state index in [0.717, 1.165) is 46.8 Å². The number of aryl methyl sites for hydroxylation is 1. The van der Waals surface area contributed by atoms with Gasteiger partial charge in [0.2, 0.25) is 0 Å². The van der Waals surface area contributed by atoms with Gasteiger partial charge in [0.1, 0.15) is 29.6 Å². The number of ether oxygens (including phenoxy) is 3. The Kier molecular flexibility index (Phi) is 19.3. The number of aromatic hydroxyl groups is 1. The molecule has 7 rings (SSSR count). The highest BCUT2D eigenvalue weighted by atomic mass is 32.4. The molecule has 0 spiro atoms. The molecular weight excluding hydrogens is 1000 g/mol. The summed E-state index contributed by atoms with van der Waals surface area (Å²) < 4.78 is 22.6. The van der Waals surface area contributed by atoms with Crippen LogP contribution in [0.4, 0.5) is 5.69 Å². The van der Waals surface area contributed by atoms with Crippen LogP contribution in [0.3, 0.4) is 0 Å². The Morgan fingerprint density at radius 2 is 1.08 bits per heavy atom. The lowest BCUT2D eigenvalue weighted by Gasteiger charge is -2.33. The van der Waals surface area contributed by atoms with E-state index in [1.807, 2.05) is 90.3 Å². The molecule has 6 aromatic rings. The highest BCUT2D eigenvalue weighted by Crippen LogP contribution is 2.54. The number of unbranched alkanes of at least 4 members (excludes halogenated alkanes) is 2. The lowest BCUT2D eigenvalue weighted by Crippen LogP contribution is -2.28. The summed E-state index contributed by atoms with van der Waals surface area (Å²) in [7, 11) is 3.73. The molecule has 1 N–H and O–H groups in total. The summed E-state index contributed by atoms with van der Waals surface area (Å²) in [6.07, 6.45) is 10.7. The Bertz CT molecular complexity index is 3030. The maximum absolute atomic E-state index is 9.55. The van der Waals surface area contributed by atoms with Crippen LogP contribution < -0.4 is 19.1 Å². The van der Waals surface area contributed by atoms with Crippen molar-refractivity contribution >= 4 is 55.4 Å². The third-order valence-corrected chi connectivity index (χ3v) is 20.9. The SMILES string of the molecule is CCCCC1(CCCC)c2cc(C)ccc2-c2ccc(C#Cc3ccc(N(CC)CCOc4ccc(OC(C)(C)[P+](=S)N(C)N=Cc5ccc(OC(C)(C)[P+](=S)N(C)N=Cc6ccc(O)cc6)cc5)cc4)cc3)cc21. The van der Waals surface area contributed by atoms with E-state index in [2.05, 4.69) is 115 Å². The topological polar surface area (TPSA) is 82.4 Å². The summed E-state index contributed by atoms with van der Waals surface area (Å²) >= 11 is 11.9. The molecule has 0 radical (unpaired) electrons. The molecule has 0 fully saturated rings. The summed E-state index contributed by atoms with van der Waals surface area (Å²) in [5, 5.41) is 17.4. The summed E-state index contributed by atoms with van der Waals surface area (Å²) in [6.45, 7) is 16.6. The van der Waals surface area contributed by atoms with Crippen molar-refractivity contribution in [2.24, 2.45) is 10.2 Å². The lowest BCUT2D eigenvalue weighted by molar-refractivity contribution is 0.196. The van der Waals surface area contributed by atoms with Crippen LogP contribution in [0.2, 0.25) is 0 Å². The van der Waals surface area contributed by atoms with E-state index < -0.39 is 24.4 Å². The molecule has 0 saturated carbocycles. The third kappa shape index (κ3) is 14.4. The van der Waals surface area contributed by atoms with Gasteiger partial charge in [0, 0.05) is 56.5 Å². The maximum atomic E-state index is 9.55. The van der Waals surface area contributed by atoms with E-state index in [-0.39, 0.29) is 11.2 Å². The zero-order chi connectivity index (χ0) is 53.8. The van der Waals surface area contributed by atoms with Crippen molar-refractivity contribution in [1.29, 1.82) is 0 Å². The Labute approximate surface area is 459 Å². The first-order chi connectivity index (χ1) is 35.9. The molecule has 1 aliphatic rings. The quantitative estimate of drug-likeness (QED) is 0.0276. The van der Waals surface area contributed by atoms with Gasteiger partial charge in [-0.1, -0.05) is 81.2 Å². The zero-order valence-electron chi connectivity index (χ0n) is 45.3. The van der Waals surface area contributed by atoms with Crippen molar-refractivity contribution in [3.05, 3.63) is 172 Å². The predicted molar refractivity (Wildman–Crippen MR) is 322 cm³/mol. The number of nitrogens with zero attached hydrogens (tertiary/aromatic N) is 5. The average Bonchev–Trinajstić information content (AvgIpc) is 3.67. The van der Waals surface area contributed by atoms with E-state index in [4.69, 9.17) is 37.8 Å². The second-order valence-electron chi connectivity index (χ2n) is 20.1. The fourth-order valence-corrected chi connectivity index (χ4v) is 12.0. The molecule has 75 heavy (non-hydrogen) atoms.